The molecule has 5 aliphatic rings. The van der Waals surface area contributed by atoms with E-state index in [0.29, 0.717) is 47.3 Å². The van der Waals surface area contributed by atoms with Gasteiger partial charge in [-0.15, -0.1) is 0 Å². The third kappa shape index (κ3) is 6.78. The van der Waals surface area contributed by atoms with Crippen LogP contribution in [0.2, 0.25) is 0 Å². The van der Waals surface area contributed by atoms with Crippen LogP contribution in [0.1, 0.15) is 94.2 Å². The summed E-state index contributed by atoms with van der Waals surface area (Å²) >= 11 is 0. The number of benzene rings is 1. The Morgan fingerprint density at radius 3 is 2.29 bits per heavy atom. The van der Waals surface area contributed by atoms with Crippen LogP contribution in [0, 0.1) is 0 Å². The maximum Gasteiger partial charge on any atom is 0.264 e. The van der Waals surface area contributed by atoms with Gasteiger partial charge in [0.2, 0.25) is 11.8 Å². The second kappa shape index (κ2) is 14.8. The lowest BCUT2D eigenvalue weighted by atomic mass is 10.0. The van der Waals surface area contributed by atoms with Gasteiger partial charge >= 0.3 is 0 Å². The molecule has 56 heavy (non-hydrogen) atoms. The summed E-state index contributed by atoms with van der Waals surface area (Å²) in [6, 6.07) is 12.4. The fourth-order valence-electron chi connectivity index (χ4n) is 8.98. The summed E-state index contributed by atoms with van der Waals surface area (Å²) in [5.74, 6) is -0.951. The third-order valence-electron chi connectivity index (χ3n) is 12.0. The number of aromatic amines is 1. The number of anilines is 3. The molecule has 0 bridgehead atoms. The van der Waals surface area contributed by atoms with Crippen LogP contribution in [0.4, 0.5) is 17.3 Å². The zero-order valence-electron chi connectivity index (χ0n) is 31.3. The van der Waals surface area contributed by atoms with Gasteiger partial charge in [-0.25, -0.2) is 9.97 Å². The molecule has 2 atom stereocenters. The molecule has 0 spiro atoms. The number of carbonyl (C=O) groups excluding carboxylic acids is 5. The molecule has 3 N–H and O–H groups in total. The molecule has 15 heteroatoms. The lowest BCUT2D eigenvalue weighted by Crippen LogP contribution is -2.54. The molecule has 5 amide bonds. The number of aromatic nitrogens is 3. The number of H-pyrrole nitrogens is 1. The van der Waals surface area contributed by atoms with Crippen molar-refractivity contribution in [2.45, 2.75) is 75.7 Å². The molecule has 0 radical (unpaired) electrons. The van der Waals surface area contributed by atoms with Crippen LogP contribution in [-0.4, -0.2) is 112 Å². The zero-order valence-corrected chi connectivity index (χ0v) is 31.3. The Morgan fingerprint density at radius 2 is 1.59 bits per heavy atom. The van der Waals surface area contributed by atoms with Crippen molar-refractivity contribution in [3.63, 3.8) is 0 Å². The zero-order chi connectivity index (χ0) is 38.5. The fraction of sp³-hybridized carbons (Fsp3) is 0.439. The Bertz CT molecular complexity index is 2210. The molecule has 1 unspecified atom stereocenters. The van der Waals surface area contributed by atoms with E-state index < -0.39 is 29.7 Å². The number of fused-ring (bicyclic) bond motifs is 2. The number of piperidine rings is 3. The first kappa shape index (κ1) is 36.0. The first-order chi connectivity index (χ1) is 27.2. The van der Waals surface area contributed by atoms with E-state index in [1.54, 1.807) is 30.6 Å². The molecule has 15 nitrogen and oxygen atoms in total. The number of amides is 5. The molecule has 0 saturated carbocycles. The van der Waals surface area contributed by atoms with E-state index in [2.05, 4.69) is 53.4 Å². The molecule has 4 fully saturated rings. The molecule has 290 valence electrons. The van der Waals surface area contributed by atoms with Gasteiger partial charge in [0.1, 0.15) is 17.7 Å². The first-order valence-electron chi connectivity index (χ1n) is 19.7. The standard InChI is InChI=1S/C41H45N9O6/c1-47-15-3-6-31(47)30-20-25-23-42-34(21-29(25)44-30)45-38(52)24-7-9-35(43-22-24)49-18-13-27(14-19-49)56-26-11-16-48(17-12-26)32-5-2-4-28-37(32)41(55)50(40(28)54)33-8-10-36(51)46-39(33)53/h2,4-5,7,9,20-23,26-27,31,33,44H,3,6,8,10-19H2,1H3,(H,42,45,52)(H,46,51,53)/t31-,33?/m1/s1. The quantitative estimate of drug-likeness (QED) is 0.222. The van der Waals surface area contributed by atoms with E-state index in [-0.39, 0.29) is 31.0 Å². The van der Waals surface area contributed by atoms with E-state index in [9.17, 15) is 24.0 Å². The predicted octanol–water partition coefficient (Wildman–Crippen LogP) is 4.03. The van der Waals surface area contributed by atoms with Crippen molar-refractivity contribution in [1.82, 2.24) is 30.1 Å². The molecule has 0 aliphatic carbocycles. The topological polar surface area (TPSA) is 173 Å². The van der Waals surface area contributed by atoms with Crippen molar-refractivity contribution < 1.29 is 28.7 Å². The number of nitrogens with one attached hydrogen (secondary N) is 3. The van der Waals surface area contributed by atoms with Gasteiger partial charge < -0.3 is 24.8 Å². The minimum Gasteiger partial charge on any atom is -0.375 e. The van der Waals surface area contributed by atoms with Gasteiger partial charge in [0.05, 0.1) is 40.1 Å². The number of hydrogen-bond acceptors (Lipinski definition) is 11. The van der Waals surface area contributed by atoms with Crippen molar-refractivity contribution in [2.75, 3.05) is 54.9 Å². The van der Waals surface area contributed by atoms with E-state index in [0.717, 1.165) is 73.4 Å². The van der Waals surface area contributed by atoms with Crippen molar-refractivity contribution >= 4 is 57.8 Å². The van der Waals surface area contributed by atoms with Gasteiger partial charge in [-0.3, -0.25) is 39.1 Å². The van der Waals surface area contributed by atoms with E-state index in [1.807, 2.05) is 18.2 Å². The Hall–Kier alpha value is -5.67. The number of hydrogen-bond donors (Lipinski definition) is 3. The second-order valence-electron chi connectivity index (χ2n) is 15.5. The number of imide groups is 2. The monoisotopic (exact) mass is 759 g/mol. The fourth-order valence-corrected chi connectivity index (χ4v) is 8.98. The Balaban J connectivity index is 0.750. The minimum atomic E-state index is -0.993. The SMILES string of the molecule is CN1CCC[C@@H]1c1cc2cnc(NC(=O)c3ccc(N4CCC(OC5CCN(c6cccc7c6C(=O)N(C6CCC(=O)NC6=O)C7=O)CC5)CC4)nc3)cc2[nH]1. The summed E-state index contributed by atoms with van der Waals surface area (Å²) in [6.45, 7) is 4.00. The lowest BCUT2D eigenvalue weighted by Gasteiger charge is -2.38. The summed E-state index contributed by atoms with van der Waals surface area (Å²) in [5.41, 5.74) is 3.89. The lowest BCUT2D eigenvalue weighted by molar-refractivity contribution is -0.136. The van der Waals surface area contributed by atoms with Crippen LogP contribution in [0.15, 0.2) is 54.9 Å². The van der Waals surface area contributed by atoms with E-state index in [1.165, 1.54) is 12.1 Å². The largest absolute Gasteiger partial charge is 0.375 e. The highest BCUT2D eigenvalue weighted by molar-refractivity contribution is 6.25. The molecule has 9 rings (SSSR count). The van der Waals surface area contributed by atoms with Crippen LogP contribution in [0.5, 0.6) is 0 Å². The first-order valence-corrected chi connectivity index (χ1v) is 19.7. The molecule has 1 aromatic carbocycles. The van der Waals surface area contributed by atoms with Crippen molar-refractivity contribution in [2.24, 2.45) is 0 Å². The summed E-state index contributed by atoms with van der Waals surface area (Å²) in [7, 11) is 2.15. The van der Waals surface area contributed by atoms with Crippen LogP contribution < -0.4 is 20.4 Å². The molecule has 4 saturated heterocycles. The average Bonchev–Trinajstić information content (AvgIpc) is 3.90. The molecule has 5 aliphatic heterocycles. The third-order valence-corrected chi connectivity index (χ3v) is 12.0. The Morgan fingerprint density at radius 1 is 0.821 bits per heavy atom. The molecule has 8 heterocycles. The summed E-state index contributed by atoms with van der Waals surface area (Å²) in [5, 5.41) is 6.20. The highest BCUT2D eigenvalue weighted by Gasteiger charge is 2.46. The van der Waals surface area contributed by atoms with E-state index in [4.69, 9.17) is 4.74 Å². The number of ether oxygens (including phenoxy) is 1. The highest BCUT2D eigenvalue weighted by atomic mass is 16.5. The summed E-state index contributed by atoms with van der Waals surface area (Å²) in [4.78, 5) is 84.6. The van der Waals surface area contributed by atoms with Gasteiger partial charge in [-0.1, -0.05) is 6.07 Å². The maximum absolute atomic E-state index is 13.6. The van der Waals surface area contributed by atoms with Gasteiger partial charge in [-0.05, 0) is 88.9 Å². The molecule has 3 aromatic heterocycles. The smallest absolute Gasteiger partial charge is 0.264 e. The van der Waals surface area contributed by atoms with Gasteiger partial charge in [0.15, 0.2) is 0 Å². The number of likely N-dealkylation sites (tertiary alicyclic amines) is 1. The van der Waals surface area contributed by atoms with E-state index >= 15 is 0 Å². The molecule has 4 aromatic rings. The van der Waals surface area contributed by atoms with Gasteiger partial charge in [0.25, 0.3) is 17.7 Å². The van der Waals surface area contributed by atoms with Gasteiger partial charge in [0, 0.05) is 68.2 Å². The number of pyridine rings is 2. The molecular weight excluding hydrogens is 715 g/mol. The van der Waals surface area contributed by atoms with Crippen LogP contribution in [0.3, 0.4) is 0 Å². The van der Waals surface area contributed by atoms with Crippen LogP contribution in [0.25, 0.3) is 10.9 Å². The minimum absolute atomic E-state index is 0.0797. The van der Waals surface area contributed by atoms with Crippen LogP contribution >= 0.6 is 0 Å². The van der Waals surface area contributed by atoms with Crippen molar-refractivity contribution in [3.05, 3.63) is 77.2 Å². The van der Waals surface area contributed by atoms with Gasteiger partial charge in [-0.2, -0.15) is 0 Å². The van der Waals surface area contributed by atoms with Crippen molar-refractivity contribution in [1.29, 1.82) is 0 Å². The normalized spacial score (nSPS) is 22.6. The highest BCUT2D eigenvalue weighted by Crippen LogP contribution is 2.36. The predicted molar refractivity (Wildman–Crippen MR) is 208 cm³/mol. The Kier molecular flexibility index (Phi) is 9.49. The second-order valence-corrected chi connectivity index (χ2v) is 15.5. The Labute approximate surface area is 323 Å². The maximum atomic E-state index is 13.6. The summed E-state index contributed by atoms with van der Waals surface area (Å²) in [6.07, 6.45) is 9.39. The summed E-state index contributed by atoms with van der Waals surface area (Å²) < 4.78 is 6.58. The molecular formula is C41H45N9O6. The number of nitrogens with zero attached hydrogens (tertiary/aromatic N) is 6. The van der Waals surface area contributed by atoms with Crippen LogP contribution in [-0.2, 0) is 14.3 Å². The van der Waals surface area contributed by atoms with Crippen molar-refractivity contribution in [3.8, 4) is 0 Å². The number of rotatable bonds is 8. The number of carbonyl (C=O) groups is 5. The average molecular weight is 760 g/mol.